The molecule has 2 aromatic carbocycles. The highest BCUT2D eigenvalue weighted by atomic mass is 32.2. The molecule has 0 atom stereocenters. The lowest BCUT2D eigenvalue weighted by Crippen LogP contribution is -2.23. The summed E-state index contributed by atoms with van der Waals surface area (Å²) in [4.78, 5) is 33.0. The summed E-state index contributed by atoms with van der Waals surface area (Å²) in [6, 6.07) is 15.6. The molecular weight excluding hydrogens is 403 g/mol. The van der Waals surface area contributed by atoms with Crippen molar-refractivity contribution in [3.8, 4) is 11.1 Å². The molecule has 8 heteroatoms. The average molecular weight is 422 g/mol. The van der Waals surface area contributed by atoms with E-state index in [2.05, 4.69) is 15.3 Å². The van der Waals surface area contributed by atoms with E-state index in [-0.39, 0.29) is 22.9 Å². The number of thioether (sulfide) groups is 1. The minimum atomic E-state index is -0.499. The lowest BCUT2D eigenvalue weighted by atomic mass is 10.1. The molecule has 0 fully saturated rings. The van der Waals surface area contributed by atoms with E-state index in [0.29, 0.717) is 22.7 Å². The molecule has 0 aliphatic carbocycles. The summed E-state index contributed by atoms with van der Waals surface area (Å²) in [7, 11) is 0. The Labute approximate surface area is 176 Å². The van der Waals surface area contributed by atoms with E-state index in [1.54, 1.807) is 18.3 Å². The van der Waals surface area contributed by atoms with Crippen LogP contribution in [0.4, 0.5) is 10.1 Å². The van der Waals surface area contributed by atoms with Crippen LogP contribution in [0, 0.1) is 5.82 Å². The minimum Gasteiger partial charge on any atom is -0.355 e. The number of hydrogen-bond donors (Lipinski definition) is 2. The Morgan fingerprint density at radius 3 is 2.63 bits per heavy atom. The second kappa shape index (κ2) is 8.54. The van der Waals surface area contributed by atoms with Crippen molar-refractivity contribution in [2.75, 3.05) is 11.1 Å². The number of halogens is 1. The molecule has 0 spiro atoms. The van der Waals surface area contributed by atoms with Crippen LogP contribution in [0.5, 0.6) is 0 Å². The molecule has 0 aliphatic heterocycles. The van der Waals surface area contributed by atoms with Crippen molar-refractivity contribution in [3.63, 3.8) is 0 Å². The number of nitrogens with one attached hydrogen (secondary N) is 2. The van der Waals surface area contributed by atoms with E-state index < -0.39 is 5.82 Å². The number of aromatic nitrogens is 3. The number of carbonyl (C=O) groups is 1. The highest BCUT2D eigenvalue weighted by Crippen LogP contribution is 2.27. The van der Waals surface area contributed by atoms with E-state index >= 15 is 0 Å². The molecule has 2 heterocycles. The van der Waals surface area contributed by atoms with Crippen LogP contribution >= 0.6 is 11.8 Å². The summed E-state index contributed by atoms with van der Waals surface area (Å²) in [6.45, 7) is 2.26. The first-order chi connectivity index (χ1) is 14.6. The van der Waals surface area contributed by atoms with Gasteiger partial charge in [-0.25, -0.2) is 9.37 Å². The zero-order chi connectivity index (χ0) is 21.1. The molecule has 0 saturated carbocycles. The molecule has 1 amide bonds. The summed E-state index contributed by atoms with van der Waals surface area (Å²) in [5.74, 6) is -0.877. The highest BCUT2D eigenvalue weighted by Gasteiger charge is 2.17. The maximum absolute atomic E-state index is 13.7. The van der Waals surface area contributed by atoms with Gasteiger partial charge in [0.1, 0.15) is 16.9 Å². The van der Waals surface area contributed by atoms with Crippen LogP contribution < -0.4 is 10.9 Å². The SMILES string of the molecule is CCn1c(SCC(=O)Nc2ccccc2F)nc2c(-c3ccccc3)c[nH]c2c1=O. The molecule has 0 saturated heterocycles. The van der Waals surface area contributed by atoms with Gasteiger partial charge in [-0.05, 0) is 24.6 Å². The lowest BCUT2D eigenvalue weighted by Gasteiger charge is -2.11. The van der Waals surface area contributed by atoms with Gasteiger partial charge in [0, 0.05) is 18.3 Å². The predicted molar refractivity (Wildman–Crippen MR) is 117 cm³/mol. The van der Waals surface area contributed by atoms with Crippen LogP contribution in [0.15, 0.2) is 70.7 Å². The quantitative estimate of drug-likeness (QED) is 0.359. The summed E-state index contributed by atoms with van der Waals surface area (Å²) in [6.07, 6.45) is 1.77. The number of anilines is 1. The predicted octanol–water partition coefficient (Wildman–Crippen LogP) is 4.28. The van der Waals surface area contributed by atoms with E-state index in [9.17, 15) is 14.0 Å². The fourth-order valence-corrected chi connectivity index (χ4v) is 4.03. The van der Waals surface area contributed by atoms with Crippen LogP contribution in [0.25, 0.3) is 22.2 Å². The van der Waals surface area contributed by atoms with Crippen molar-refractivity contribution in [2.45, 2.75) is 18.6 Å². The minimum absolute atomic E-state index is 0.00261. The van der Waals surface area contributed by atoms with Crippen LogP contribution in [0.3, 0.4) is 0 Å². The standard InChI is InChI=1S/C22H19FN4O2S/c1-2-27-21(29)20-19(15(12-24-20)14-8-4-3-5-9-14)26-22(27)30-13-18(28)25-17-11-7-6-10-16(17)23/h3-12,24H,2,13H2,1H3,(H,25,28). The van der Waals surface area contributed by atoms with Crippen LogP contribution in [0.2, 0.25) is 0 Å². The Bertz CT molecular complexity index is 1270. The van der Waals surface area contributed by atoms with Gasteiger partial charge in [0.15, 0.2) is 5.16 Å². The summed E-state index contributed by atoms with van der Waals surface area (Å²) in [5.41, 5.74) is 2.68. The molecule has 152 valence electrons. The van der Waals surface area contributed by atoms with Gasteiger partial charge in [0.2, 0.25) is 5.91 Å². The van der Waals surface area contributed by atoms with Crippen LogP contribution in [-0.4, -0.2) is 26.2 Å². The Morgan fingerprint density at radius 2 is 1.90 bits per heavy atom. The maximum atomic E-state index is 13.7. The number of carbonyl (C=O) groups excluding carboxylic acids is 1. The van der Waals surface area contributed by atoms with E-state index in [0.717, 1.165) is 22.9 Å². The molecule has 0 unspecified atom stereocenters. The van der Waals surface area contributed by atoms with Gasteiger partial charge in [-0.1, -0.05) is 54.2 Å². The molecular formula is C22H19FN4O2S. The lowest BCUT2D eigenvalue weighted by molar-refractivity contribution is -0.113. The first-order valence-electron chi connectivity index (χ1n) is 9.43. The normalized spacial score (nSPS) is 11.0. The average Bonchev–Trinajstić information content (AvgIpc) is 3.19. The molecule has 0 bridgehead atoms. The fourth-order valence-electron chi connectivity index (χ4n) is 3.18. The number of para-hydroxylation sites is 1. The second-order valence-electron chi connectivity index (χ2n) is 6.55. The smallest absolute Gasteiger partial charge is 0.278 e. The van der Waals surface area contributed by atoms with Gasteiger partial charge < -0.3 is 10.3 Å². The number of aromatic amines is 1. The number of fused-ring (bicyclic) bond motifs is 1. The number of nitrogens with zero attached hydrogens (tertiary/aromatic N) is 2. The van der Waals surface area contributed by atoms with Crippen LogP contribution in [0.1, 0.15) is 6.92 Å². The zero-order valence-electron chi connectivity index (χ0n) is 16.2. The van der Waals surface area contributed by atoms with Crippen LogP contribution in [-0.2, 0) is 11.3 Å². The molecule has 0 radical (unpaired) electrons. The Kier molecular flexibility index (Phi) is 5.67. The molecule has 30 heavy (non-hydrogen) atoms. The molecule has 4 aromatic rings. The highest BCUT2D eigenvalue weighted by molar-refractivity contribution is 7.99. The van der Waals surface area contributed by atoms with Crippen molar-refractivity contribution >= 4 is 34.4 Å². The number of amides is 1. The third-order valence-electron chi connectivity index (χ3n) is 4.63. The van der Waals surface area contributed by atoms with Crippen molar-refractivity contribution in [3.05, 3.63) is 77.0 Å². The van der Waals surface area contributed by atoms with Gasteiger partial charge in [-0.2, -0.15) is 0 Å². The first kappa shape index (κ1) is 19.9. The first-order valence-corrected chi connectivity index (χ1v) is 10.4. The summed E-state index contributed by atoms with van der Waals surface area (Å²) >= 11 is 1.14. The van der Waals surface area contributed by atoms with Gasteiger partial charge in [-0.3, -0.25) is 14.2 Å². The molecule has 6 nitrogen and oxygen atoms in total. The molecule has 4 rings (SSSR count). The Balaban J connectivity index is 1.64. The van der Waals surface area contributed by atoms with Gasteiger partial charge in [-0.15, -0.1) is 0 Å². The largest absolute Gasteiger partial charge is 0.355 e. The Hall–Kier alpha value is -3.39. The molecule has 2 aromatic heterocycles. The van der Waals surface area contributed by atoms with Crippen molar-refractivity contribution < 1.29 is 9.18 Å². The topological polar surface area (TPSA) is 79.8 Å². The molecule has 2 N–H and O–H groups in total. The second-order valence-corrected chi connectivity index (χ2v) is 7.49. The van der Waals surface area contributed by atoms with Gasteiger partial charge in [0.25, 0.3) is 5.56 Å². The number of H-pyrrole nitrogens is 1. The molecule has 0 aliphatic rings. The van der Waals surface area contributed by atoms with E-state index in [4.69, 9.17) is 0 Å². The van der Waals surface area contributed by atoms with E-state index in [1.165, 1.54) is 16.7 Å². The summed E-state index contributed by atoms with van der Waals surface area (Å²) < 4.78 is 15.3. The number of benzene rings is 2. The number of rotatable bonds is 6. The Morgan fingerprint density at radius 1 is 1.17 bits per heavy atom. The monoisotopic (exact) mass is 422 g/mol. The van der Waals surface area contributed by atoms with Crippen molar-refractivity contribution in [1.82, 2.24) is 14.5 Å². The number of hydrogen-bond acceptors (Lipinski definition) is 4. The van der Waals surface area contributed by atoms with Crippen molar-refractivity contribution in [1.29, 1.82) is 0 Å². The third-order valence-corrected chi connectivity index (χ3v) is 5.61. The van der Waals surface area contributed by atoms with E-state index in [1.807, 2.05) is 37.3 Å². The maximum Gasteiger partial charge on any atom is 0.278 e. The fraction of sp³-hybridized carbons (Fsp3) is 0.136. The third kappa shape index (κ3) is 3.86. The zero-order valence-corrected chi connectivity index (χ0v) is 17.0. The van der Waals surface area contributed by atoms with Crippen molar-refractivity contribution in [2.24, 2.45) is 0 Å². The van der Waals surface area contributed by atoms with Gasteiger partial charge >= 0.3 is 0 Å². The summed E-state index contributed by atoms with van der Waals surface area (Å²) in [5, 5.41) is 2.99. The van der Waals surface area contributed by atoms with Gasteiger partial charge in [0.05, 0.1) is 11.4 Å².